The molecule has 1 saturated carbocycles. The lowest BCUT2D eigenvalue weighted by Gasteiger charge is -2.18. The zero-order valence-electron chi connectivity index (χ0n) is 20.0. The van der Waals surface area contributed by atoms with Gasteiger partial charge in [0.05, 0.1) is 13.2 Å². The lowest BCUT2D eigenvalue weighted by molar-refractivity contribution is -0.127. The smallest absolute Gasteiger partial charge is 0.223 e. The SMILES string of the molecule is CCNC(=NCc1ccccc1OCC1CC1)NCC1CC(=O)N(CCc2ccccc2)C1.I. The number of halogens is 1. The first-order valence-electron chi connectivity index (χ1n) is 12.3. The minimum absolute atomic E-state index is 0. The Labute approximate surface area is 220 Å². The average Bonchev–Trinajstić information content (AvgIpc) is 3.60. The van der Waals surface area contributed by atoms with Crippen molar-refractivity contribution in [3.05, 3.63) is 65.7 Å². The molecule has 184 valence electrons. The summed E-state index contributed by atoms with van der Waals surface area (Å²) >= 11 is 0. The molecule has 0 aromatic heterocycles. The predicted octanol–water partition coefficient (Wildman–Crippen LogP) is 4.24. The van der Waals surface area contributed by atoms with E-state index in [0.717, 1.165) is 62.4 Å². The number of ether oxygens (including phenoxy) is 1. The summed E-state index contributed by atoms with van der Waals surface area (Å²) in [7, 11) is 0. The normalized spacial score (nSPS) is 17.9. The van der Waals surface area contributed by atoms with Crippen LogP contribution >= 0.6 is 24.0 Å². The van der Waals surface area contributed by atoms with E-state index >= 15 is 0 Å². The van der Waals surface area contributed by atoms with Gasteiger partial charge in [-0.3, -0.25) is 4.79 Å². The third kappa shape index (κ3) is 8.18. The third-order valence-corrected chi connectivity index (χ3v) is 6.26. The fourth-order valence-electron chi connectivity index (χ4n) is 4.13. The van der Waals surface area contributed by atoms with Crippen LogP contribution in [-0.4, -0.2) is 49.6 Å². The molecule has 1 heterocycles. The van der Waals surface area contributed by atoms with Crippen molar-refractivity contribution < 1.29 is 9.53 Å². The molecule has 1 atom stereocenters. The second kappa shape index (κ2) is 13.6. The van der Waals surface area contributed by atoms with Crippen LogP contribution in [-0.2, 0) is 17.8 Å². The van der Waals surface area contributed by atoms with Crippen LogP contribution in [0, 0.1) is 11.8 Å². The first-order chi connectivity index (χ1) is 16.2. The summed E-state index contributed by atoms with van der Waals surface area (Å²) in [5, 5.41) is 6.77. The Bertz CT molecular complexity index is 933. The molecule has 34 heavy (non-hydrogen) atoms. The number of para-hydroxylation sites is 1. The summed E-state index contributed by atoms with van der Waals surface area (Å²) in [6.07, 6.45) is 4.06. The fourth-order valence-corrected chi connectivity index (χ4v) is 4.13. The van der Waals surface area contributed by atoms with E-state index in [1.165, 1.54) is 18.4 Å². The quantitative estimate of drug-likeness (QED) is 0.239. The van der Waals surface area contributed by atoms with Gasteiger partial charge in [0.2, 0.25) is 5.91 Å². The van der Waals surface area contributed by atoms with Gasteiger partial charge in [-0.25, -0.2) is 4.99 Å². The molecule has 1 saturated heterocycles. The molecule has 4 rings (SSSR count). The van der Waals surface area contributed by atoms with Gasteiger partial charge < -0.3 is 20.3 Å². The van der Waals surface area contributed by atoms with E-state index in [-0.39, 0.29) is 29.9 Å². The van der Waals surface area contributed by atoms with Gasteiger partial charge in [0, 0.05) is 44.1 Å². The van der Waals surface area contributed by atoms with Crippen LogP contribution in [0.25, 0.3) is 0 Å². The van der Waals surface area contributed by atoms with Crippen LogP contribution < -0.4 is 15.4 Å². The van der Waals surface area contributed by atoms with Crippen LogP contribution in [0.3, 0.4) is 0 Å². The number of aliphatic imine (C=N–C) groups is 1. The second-order valence-corrected chi connectivity index (χ2v) is 9.08. The van der Waals surface area contributed by atoms with Crippen molar-refractivity contribution in [1.29, 1.82) is 0 Å². The van der Waals surface area contributed by atoms with Crippen molar-refractivity contribution in [2.45, 2.75) is 39.2 Å². The lowest BCUT2D eigenvalue weighted by Crippen LogP contribution is -2.40. The Morgan fingerprint density at radius 1 is 1.06 bits per heavy atom. The van der Waals surface area contributed by atoms with Crippen molar-refractivity contribution in [1.82, 2.24) is 15.5 Å². The molecule has 7 heteroatoms. The van der Waals surface area contributed by atoms with Gasteiger partial charge >= 0.3 is 0 Å². The van der Waals surface area contributed by atoms with Crippen molar-refractivity contribution in [3.8, 4) is 5.75 Å². The highest BCUT2D eigenvalue weighted by atomic mass is 127. The number of benzene rings is 2. The van der Waals surface area contributed by atoms with Crippen LogP contribution in [0.5, 0.6) is 5.75 Å². The van der Waals surface area contributed by atoms with E-state index in [0.29, 0.717) is 18.9 Å². The Morgan fingerprint density at radius 3 is 2.59 bits per heavy atom. The molecule has 2 aliphatic rings. The Hall–Kier alpha value is -2.29. The topological polar surface area (TPSA) is 66.0 Å². The fraction of sp³-hybridized carbons (Fsp3) is 0.481. The molecule has 2 N–H and O–H groups in total. The molecule has 1 aliphatic heterocycles. The number of guanidine groups is 1. The van der Waals surface area contributed by atoms with Gasteiger partial charge in [0.25, 0.3) is 0 Å². The molecule has 2 aromatic rings. The number of likely N-dealkylation sites (tertiary alicyclic amines) is 1. The second-order valence-electron chi connectivity index (χ2n) is 9.08. The van der Waals surface area contributed by atoms with Crippen molar-refractivity contribution in [3.63, 3.8) is 0 Å². The zero-order chi connectivity index (χ0) is 22.9. The molecule has 0 bridgehead atoms. The first kappa shape index (κ1) is 26.3. The molecule has 1 aliphatic carbocycles. The summed E-state index contributed by atoms with van der Waals surface area (Å²) in [6, 6.07) is 18.5. The zero-order valence-corrected chi connectivity index (χ0v) is 22.4. The number of hydrogen-bond donors (Lipinski definition) is 2. The maximum Gasteiger partial charge on any atom is 0.223 e. The molecular weight excluding hydrogens is 539 g/mol. The van der Waals surface area contributed by atoms with Gasteiger partial charge in [-0.2, -0.15) is 0 Å². The minimum atomic E-state index is 0. The molecular formula is C27H37IN4O2. The van der Waals surface area contributed by atoms with Crippen LogP contribution in [0.15, 0.2) is 59.6 Å². The summed E-state index contributed by atoms with van der Waals surface area (Å²) in [5.41, 5.74) is 2.37. The maximum absolute atomic E-state index is 12.5. The van der Waals surface area contributed by atoms with Gasteiger partial charge in [-0.15, -0.1) is 24.0 Å². The summed E-state index contributed by atoms with van der Waals surface area (Å²) in [6.45, 7) is 6.53. The number of hydrogen-bond acceptors (Lipinski definition) is 3. The lowest BCUT2D eigenvalue weighted by atomic mass is 10.1. The van der Waals surface area contributed by atoms with E-state index < -0.39 is 0 Å². The Balaban J connectivity index is 0.00000324. The van der Waals surface area contributed by atoms with Crippen molar-refractivity contribution >= 4 is 35.8 Å². The molecule has 2 aromatic carbocycles. The number of nitrogens with zero attached hydrogens (tertiary/aromatic N) is 2. The summed E-state index contributed by atoms with van der Waals surface area (Å²) < 4.78 is 6.02. The minimum Gasteiger partial charge on any atom is -0.493 e. The summed E-state index contributed by atoms with van der Waals surface area (Å²) in [5.74, 6) is 2.98. The molecule has 1 amide bonds. The van der Waals surface area contributed by atoms with E-state index in [1.54, 1.807) is 0 Å². The van der Waals surface area contributed by atoms with Gasteiger partial charge in [0.15, 0.2) is 5.96 Å². The van der Waals surface area contributed by atoms with E-state index in [9.17, 15) is 4.79 Å². The van der Waals surface area contributed by atoms with Crippen LogP contribution in [0.2, 0.25) is 0 Å². The number of carbonyl (C=O) groups is 1. The highest BCUT2D eigenvalue weighted by molar-refractivity contribution is 14.0. The van der Waals surface area contributed by atoms with Crippen molar-refractivity contribution in [2.75, 3.05) is 32.8 Å². The van der Waals surface area contributed by atoms with Crippen LogP contribution in [0.1, 0.15) is 37.3 Å². The molecule has 2 fully saturated rings. The maximum atomic E-state index is 12.5. The largest absolute Gasteiger partial charge is 0.493 e. The van der Waals surface area contributed by atoms with Gasteiger partial charge in [-0.1, -0.05) is 48.5 Å². The van der Waals surface area contributed by atoms with Gasteiger partial charge in [0.1, 0.15) is 5.75 Å². The number of rotatable bonds is 11. The molecule has 0 radical (unpaired) electrons. The molecule has 6 nitrogen and oxygen atoms in total. The molecule has 0 spiro atoms. The highest BCUT2D eigenvalue weighted by Gasteiger charge is 2.29. The third-order valence-electron chi connectivity index (χ3n) is 6.26. The van der Waals surface area contributed by atoms with E-state index in [1.807, 2.05) is 41.3 Å². The monoisotopic (exact) mass is 576 g/mol. The average molecular weight is 577 g/mol. The Morgan fingerprint density at radius 2 is 1.82 bits per heavy atom. The highest BCUT2D eigenvalue weighted by Crippen LogP contribution is 2.30. The Kier molecular flexibility index (Phi) is 10.5. The molecule has 1 unspecified atom stereocenters. The summed E-state index contributed by atoms with van der Waals surface area (Å²) in [4.78, 5) is 19.3. The number of carbonyl (C=O) groups excluding carboxylic acids is 1. The van der Waals surface area contributed by atoms with E-state index in [4.69, 9.17) is 9.73 Å². The van der Waals surface area contributed by atoms with Gasteiger partial charge in [-0.05, 0) is 43.7 Å². The predicted molar refractivity (Wildman–Crippen MR) is 148 cm³/mol. The van der Waals surface area contributed by atoms with Crippen molar-refractivity contribution in [2.24, 2.45) is 16.8 Å². The first-order valence-corrected chi connectivity index (χ1v) is 12.3. The number of nitrogens with one attached hydrogen (secondary N) is 2. The van der Waals surface area contributed by atoms with Crippen LogP contribution in [0.4, 0.5) is 0 Å². The number of amides is 1. The standard InChI is InChI=1S/C27H36N4O2.HI/c1-2-28-27(30-18-24-10-6-7-11-25(24)33-20-22-12-13-22)29-17-23-16-26(32)31(19-23)15-14-21-8-4-3-5-9-21;/h3-11,22-23H,2,12-20H2,1H3,(H2,28,29,30);1H. The van der Waals surface area contributed by atoms with E-state index in [2.05, 4.69) is 35.8 Å².